The first-order valence-electron chi connectivity index (χ1n) is 6.65. The van der Waals surface area contributed by atoms with Crippen molar-refractivity contribution in [2.45, 2.75) is 19.8 Å². The second kappa shape index (κ2) is 6.65. The summed E-state index contributed by atoms with van der Waals surface area (Å²) in [6.07, 6.45) is 3.55. The molecule has 0 atom stereocenters. The van der Waals surface area contributed by atoms with E-state index in [9.17, 15) is 9.59 Å². The Bertz CT molecular complexity index is 635. The van der Waals surface area contributed by atoms with Crippen LogP contribution in [0.3, 0.4) is 0 Å². The van der Waals surface area contributed by atoms with E-state index in [4.69, 9.17) is 0 Å². The highest BCUT2D eigenvalue weighted by molar-refractivity contribution is 5.94. The molecule has 2 N–H and O–H groups in total. The molecule has 0 aromatic carbocycles. The van der Waals surface area contributed by atoms with Gasteiger partial charge >= 0.3 is 0 Å². The Morgan fingerprint density at radius 2 is 2.15 bits per heavy atom. The maximum atomic E-state index is 11.9. The van der Waals surface area contributed by atoms with Gasteiger partial charge in [0.25, 0.3) is 11.5 Å². The molecular weight excluding hydrogens is 254 g/mol. The SMILES string of the molecule is CCCCNC(=O)c1ccc(-c2ccccn2)[nH]c1=O. The molecule has 2 aromatic rings. The van der Waals surface area contributed by atoms with Crippen LogP contribution >= 0.6 is 0 Å². The minimum absolute atomic E-state index is 0.126. The first-order chi connectivity index (χ1) is 9.72. The van der Waals surface area contributed by atoms with Gasteiger partial charge in [0.15, 0.2) is 0 Å². The zero-order valence-corrected chi connectivity index (χ0v) is 11.3. The number of carbonyl (C=O) groups excluding carboxylic acids is 1. The van der Waals surface area contributed by atoms with Crippen molar-refractivity contribution < 1.29 is 4.79 Å². The molecule has 0 aliphatic rings. The Balaban J connectivity index is 2.18. The molecule has 0 aliphatic carbocycles. The van der Waals surface area contributed by atoms with Crippen molar-refractivity contribution in [1.29, 1.82) is 0 Å². The Morgan fingerprint density at radius 3 is 2.80 bits per heavy atom. The maximum Gasteiger partial charge on any atom is 0.261 e. The van der Waals surface area contributed by atoms with Crippen molar-refractivity contribution in [3.8, 4) is 11.4 Å². The Morgan fingerprint density at radius 1 is 1.30 bits per heavy atom. The van der Waals surface area contributed by atoms with E-state index < -0.39 is 5.56 Å². The Hall–Kier alpha value is -2.43. The summed E-state index contributed by atoms with van der Waals surface area (Å²) in [5, 5.41) is 2.73. The summed E-state index contributed by atoms with van der Waals surface area (Å²) in [5.41, 5.74) is 0.992. The number of unbranched alkanes of at least 4 members (excludes halogenated alkanes) is 1. The van der Waals surface area contributed by atoms with Gasteiger partial charge in [0, 0.05) is 12.7 Å². The highest BCUT2D eigenvalue weighted by Crippen LogP contribution is 2.11. The highest BCUT2D eigenvalue weighted by atomic mass is 16.2. The van der Waals surface area contributed by atoms with Crippen molar-refractivity contribution in [3.05, 3.63) is 52.4 Å². The fourth-order valence-electron chi connectivity index (χ4n) is 1.80. The molecular formula is C15H17N3O2. The second-order valence-electron chi connectivity index (χ2n) is 4.44. The summed E-state index contributed by atoms with van der Waals surface area (Å²) in [5.74, 6) is -0.340. The molecule has 2 heterocycles. The van der Waals surface area contributed by atoms with Crippen LogP contribution in [0.4, 0.5) is 0 Å². The van der Waals surface area contributed by atoms with Crippen LogP contribution in [0, 0.1) is 0 Å². The summed E-state index contributed by atoms with van der Waals surface area (Å²) >= 11 is 0. The molecule has 0 fully saturated rings. The molecule has 2 aromatic heterocycles. The van der Waals surface area contributed by atoms with Gasteiger partial charge in [-0.15, -0.1) is 0 Å². The lowest BCUT2D eigenvalue weighted by molar-refractivity contribution is 0.0951. The van der Waals surface area contributed by atoms with Crippen molar-refractivity contribution in [2.24, 2.45) is 0 Å². The lowest BCUT2D eigenvalue weighted by Gasteiger charge is -2.05. The zero-order chi connectivity index (χ0) is 14.4. The van der Waals surface area contributed by atoms with Crippen LogP contribution in [-0.4, -0.2) is 22.4 Å². The third-order valence-corrected chi connectivity index (χ3v) is 2.91. The lowest BCUT2D eigenvalue weighted by Crippen LogP contribution is -2.30. The summed E-state index contributed by atoms with van der Waals surface area (Å²) in [4.78, 5) is 30.6. The van der Waals surface area contributed by atoms with Crippen molar-refractivity contribution in [3.63, 3.8) is 0 Å². The van der Waals surface area contributed by atoms with E-state index in [1.165, 1.54) is 6.07 Å². The number of nitrogens with one attached hydrogen (secondary N) is 2. The normalized spacial score (nSPS) is 10.2. The van der Waals surface area contributed by atoms with Crippen LogP contribution in [0.1, 0.15) is 30.1 Å². The van der Waals surface area contributed by atoms with Gasteiger partial charge < -0.3 is 10.3 Å². The number of hydrogen-bond donors (Lipinski definition) is 2. The topological polar surface area (TPSA) is 74.8 Å². The van der Waals surface area contributed by atoms with Crippen LogP contribution in [0.15, 0.2) is 41.3 Å². The minimum Gasteiger partial charge on any atom is -0.352 e. The van der Waals surface area contributed by atoms with E-state index in [0.29, 0.717) is 17.9 Å². The van der Waals surface area contributed by atoms with Gasteiger partial charge in [0.05, 0.1) is 11.4 Å². The molecule has 5 heteroatoms. The van der Waals surface area contributed by atoms with Gasteiger partial charge in [0.1, 0.15) is 5.56 Å². The fourth-order valence-corrected chi connectivity index (χ4v) is 1.80. The first-order valence-corrected chi connectivity index (χ1v) is 6.65. The summed E-state index contributed by atoms with van der Waals surface area (Å²) in [6, 6.07) is 8.66. The summed E-state index contributed by atoms with van der Waals surface area (Å²) < 4.78 is 0. The molecule has 0 unspecified atom stereocenters. The molecule has 0 spiro atoms. The number of H-pyrrole nitrogens is 1. The van der Waals surface area contributed by atoms with Crippen molar-refractivity contribution >= 4 is 5.91 Å². The Labute approximate surface area is 117 Å². The van der Waals surface area contributed by atoms with E-state index in [1.54, 1.807) is 24.4 Å². The van der Waals surface area contributed by atoms with E-state index in [-0.39, 0.29) is 11.5 Å². The zero-order valence-electron chi connectivity index (χ0n) is 11.3. The Kier molecular flexibility index (Phi) is 4.65. The molecule has 0 saturated carbocycles. The van der Waals surface area contributed by atoms with Gasteiger partial charge in [-0.1, -0.05) is 19.4 Å². The minimum atomic E-state index is -0.401. The predicted octanol–water partition coefficient (Wildman–Crippen LogP) is 1.97. The number of nitrogens with zero attached hydrogens (tertiary/aromatic N) is 1. The number of aromatic nitrogens is 2. The molecule has 0 radical (unpaired) electrons. The number of amides is 1. The van der Waals surface area contributed by atoms with Gasteiger partial charge in [-0.05, 0) is 30.7 Å². The summed E-state index contributed by atoms with van der Waals surface area (Å²) in [7, 11) is 0. The van der Waals surface area contributed by atoms with Crippen molar-refractivity contribution in [2.75, 3.05) is 6.54 Å². The van der Waals surface area contributed by atoms with Gasteiger partial charge in [-0.25, -0.2) is 0 Å². The van der Waals surface area contributed by atoms with E-state index in [2.05, 4.69) is 15.3 Å². The molecule has 0 bridgehead atoms. The molecule has 2 rings (SSSR count). The number of aromatic amines is 1. The third kappa shape index (κ3) is 3.32. The average molecular weight is 271 g/mol. The third-order valence-electron chi connectivity index (χ3n) is 2.91. The smallest absolute Gasteiger partial charge is 0.261 e. The molecule has 20 heavy (non-hydrogen) atoms. The van der Waals surface area contributed by atoms with Crippen LogP contribution in [-0.2, 0) is 0 Å². The van der Waals surface area contributed by atoms with E-state index >= 15 is 0 Å². The lowest BCUT2D eigenvalue weighted by atomic mass is 10.2. The van der Waals surface area contributed by atoms with Gasteiger partial charge in [-0.3, -0.25) is 14.6 Å². The standard InChI is InChI=1S/C15H17N3O2/c1-2-3-9-17-14(19)11-7-8-13(18-15(11)20)12-6-4-5-10-16-12/h4-8,10H,2-3,9H2,1H3,(H,17,19)(H,18,20). The fraction of sp³-hybridized carbons (Fsp3) is 0.267. The molecule has 0 aliphatic heterocycles. The number of carbonyl (C=O) groups is 1. The average Bonchev–Trinajstić information content (AvgIpc) is 2.48. The number of pyridine rings is 2. The highest BCUT2D eigenvalue weighted by Gasteiger charge is 2.10. The second-order valence-corrected chi connectivity index (χ2v) is 4.44. The van der Waals surface area contributed by atoms with Gasteiger partial charge in [-0.2, -0.15) is 0 Å². The quantitative estimate of drug-likeness (QED) is 0.816. The van der Waals surface area contributed by atoms with E-state index in [1.807, 2.05) is 13.0 Å². The first kappa shape index (κ1) is 14.0. The largest absolute Gasteiger partial charge is 0.352 e. The maximum absolute atomic E-state index is 11.9. The van der Waals surface area contributed by atoms with Crippen LogP contribution in [0.2, 0.25) is 0 Å². The monoisotopic (exact) mass is 271 g/mol. The predicted molar refractivity (Wildman–Crippen MR) is 77.5 cm³/mol. The molecule has 0 saturated heterocycles. The number of hydrogen-bond acceptors (Lipinski definition) is 3. The summed E-state index contributed by atoms with van der Waals surface area (Å²) in [6.45, 7) is 2.62. The number of rotatable bonds is 5. The molecule has 5 nitrogen and oxygen atoms in total. The van der Waals surface area contributed by atoms with Crippen LogP contribution in [0.5, 0.6) is 0 Å². The van der Waals surface area contributed by atoms with Crippen LogP contribution < -0.4 is 10.9 Å². The van der Waals surface area contributed by atoms with Crippen LogP contribution in [0.25, 0.3) is 11.4 Å². The van der Waals surface area contributed by atoms with Gasteiger partial charge in [0.2, 0.25) is 0 Å². The molecule has 104 valence electrons. The molecule has 1 amide bonds. The van der Waals surface area contributed by atoms with Crippen molar-refractivity contribution in [1.82, 2.24) is 15.3 Å². The van der Waals surface area contributed by atoms with E-state index in [0.717, 1.165) is 12.8 Å².